The Balaban J connectivity index is 1.69. The van der Waals surface area contributed by atoms with Crippen LogP contribution in [0.2, 0.25) is 0 Å². The molecule has 3 aromatic carbocycles. The van der Waals surface area contributed by atoms with Crippen molar-refractivity contribution in [3.63, 3.8) is 0 Å². The number of nitrogens with two attached hydrogens (primary N) is 2. The van der Waals surface area contributed by atoms with Gasteiger partial charge in [-0.1, -0.05) is 49.4 Å². The Hall–Kier alpha value is -5.17. The maximum atomic E-state index is 13.7. The van der Waals surface area contributed by atoms with Crippen molar-refractivity contribution in [3.05, 3.63) is 94.7 Å². The number of ether oxygens (including phenoxy) is 2. The van der Waals surface area contributed by atoms with Crippen LogP contribution < -0.4 is 21.5 Å². The Labute approximate surface area is 272 Å². The molecule has 0 radical (unpaired) electrons. The predicted molar refractivity (Wildman–Crippen MR) is 176 cm³/mol. The number of alkyl carbamates (subject to hydrolysis) is 1. The summed E-state index contributed by atoms with van der Waals surface area (Å²) in [6.45, 7) is 7.53. The van der Waals surface area contributed by atoms with Crippen LogP contribution in [0, 0.1) is 0 Å². The van der Waals surface area contributed by atoms with E-state index in [0.29, 0.717) is 29.7 Å². The van der Waals surface area contributed by atoms with Gasteiger partial charge >= 0.3 is 6.09 Å². The van der Waals surface area contributed by atoms with Gasteiger partial charge in [0.2, 0.25) is 15.7 Å². The van der Waals surface area contributed by atoms with E-state index in [0.717, 1.165) is 5.56 Å². The lowest BCUT2D eigenvalue weighted by molar-refractivity contribution is -0.114. The number of ketones is 1. The second-order valence-electron chi connectivity index (χ2n) is 11.8. The number of sulfone groups is 1. The van der Waals surface area contributed by atoms with Crippen LogP contribution in [0.25, 0.3) is 10.9 Å². The summed E-state index contributed by atoms with van der Waals surface area (Å²) >= 11 is 0. The van der Waals surface area contributed by atoms with Crippen LogP contribution in [0.15, 0.2) is 71.6 Å². The van der Waals surface area contributed by atoms with E-state index in [1.807, 2.05) is 41.8 Å². The van der Waals surface area contributed by atoms with Gasteiger partial charge in [0.05, 0.1) is 26.9 Å². The van der Waals surface area contributed by atoms with Gasteiger partial charge in [0.15, 0.2) is 5.94 Å². The third-order valence-corrected chi connectivity index (χ3v) is 8.66. The molecule has 47 heavy (non-hydrogen) atoms. The molecule has 0 saturated carbocycles. The summed E-state index contributed by atoms with van der Waals surface area (Å²) in [5.74, 6) is -3.92. The third kappa shape index (κ3) is 8.17. The van der Waals surface area contributed by atoms with Gasteiger partial charge in [0, 0.05) is 18.8 Å². The van der Waals surface area contributed by atoms with Crippen LogP contribution in [-0.2, 0) is 38.8 Å². The number of hydrogen-bond acceptors (Lipinski definition) is 8. The number of carbonyl (C=O) groups excluding carboxylic acids is 4. The highest BCUT2D eigenvalue weighted by atomic mass is 32.2. The van der Waals surface area contributed by atoms with Crippen molar-refractivity contribution in [1.29, 1.82) is 0 Å². The Bertz CT molecular complexity index is 1940. The smallest absolute Gasteiger partial charge is 0.407 e. The van der Waals surface area contributed by atoms with Gasteiger partial charge in [-0.15, -0.1) is 0 Å². The topological polar surface area (TPSA) is 190 Å². The van der Waals surface area contributed by atoms with E-state index in [9.17, 15) is 27.6 Å². The summed E-state index contributed by atoms with van der Waals surface area (Å²) in [6.07, 6.45) is -0.0286. The summed E-state index contributed by atoms with van der Waals surface area (Å²) in [5, 5.41) is 2.85. The Morgan fingerprint density at radius 1 is 0.915 bits per heavy atom. The fourth-order valence-electron chi connectivity index (χ4n) is 5.23. The predicted octanol–water partition coefficient (Wildman–Crippen LogP) is 3.90. The summed E-state index contributed by atoms with van der Waals surface area (Å²) in [4.78, 5) is 49.2. The van der Waals surface area contributed by atoms with E-state index in [1.54, 1.807) is 39.0 Å². The first kappa shape index (κ1) is 34.7. The maximum absolute atomic E-state index is 13.7. The van der Waals surface area contributed by atoms with Crippen LogP contribution in [-0.4, -0.2) is 54.8 Å². The molecule has 4 rings (SSSR count). The van der Waals surface area contributed by atoms with Gasteiger partial charge in [-0.3, -0.25) is 14.4 Å². The minimum Gasteiger partial charge on any atom is -0.477 e. The lowest BCUT2D eigenvalue weighted by Gasteiger charge is -2.19. The molecular weight excluding hydrogens is 624 g/mol. The first-order valence-corrected chi connectivity index (χ1v) is 16.6. The molecule has 13 heteroatoms. The van der Waals surface area contributed by atoms with Crippen LogP contribution in [0.5, 0.6) is 5.75 Å². The fraction of sp³-hybridized carbons (Fsp3) is 0.294. The van der Waals surface area contributed by atoms with Crippen molar-refractivity contribution in [1.82, 2.24) is 9.88 Å². The molecule has 0 saturated heterocycles. The molecule has 0 fully saturated rings. The number of nitrogens with zero attached hydrogens (tertiary/aromatic N) is 1. The number of amides is 3. The number of fused-ring (bicyclic) bond motifs is 1. The molecule has 0 unspecified atom stereocenters. The number of hydrogen-bond donors (Lipinski definition) is 3. The molecule has 0 aliphatic carbocycles. The second-order valence-corrected chi connectivity index (χ2v) is 13.7. The highest BCUT2D eigenvalue weighted by Gasteiger charge is 2.29. The number of aromatic nitrogens is 1. The van der Waals surface area contributed by atoms with Crippen molar-refractivity contribution in [2.45, 2.75) is 57.6 Å². The van der Waals surface area contributed by atoms with Crippen molar-refractivity contribution in [3.8, 4) is 5.75 Å². The summed E-state index contributed by atoms with van der Waals surface area (Å²) in [7, 11) is -4.32. The summed E-state index contributed by atoms with van der Waals surface area (Å²) in [5.41, 5.74) is 12.6. The minimum atomic E-state index is -4.32. The molecule has 248 valence electrons. The average molecular weight is 663 g/mol. The SMILES string of the molecule is CCc1c(C(=O)C(N)=O)c2c(OCS(=O)(=O)c3cc(CCNC(=O)OC(C)(C)C)ccc3C(N)=O)cccc2n1Cc1ccccc1. The molecule has 0 aliphatic rings. The Morgan fingerprint density at radius 3 is 2.23 bits per heavy atom. The lowest BCUT2D eigenvalue weighted by Crippen LogP contribution is -2.33. The highest BCUT2D eigenvalue weighted by molar-refractivity contribution is 7.91. The zero-order valence-corrected chi connectivity index (χ0v) is 27.5. The van der Waals surface area contributed by atoms with Crippen LogP contribution in [0.4, 0.5) is 4.79 Å². The van der Waals surface area contributed by atoms with Gasteiger partial charge in [-0.2, -0.15) is 0 Å². The Morgan fingerprint density at radius 2 is 1.62 bits per heavy atom. The zero-order valence-electron chi connectivity index (χ0n) is 26.7. The maximum Gasteiger partial charge on any atom is 0.407 e. The lowest BCUT2D eigenvalue weighted by atomic mass is 10.0. The van der Waals surface area contributed by atoms with E-state index >= 15 is 0 Å². The van der Waals surface area contributed by atoms with Gasteiger partial charge in [-0.25, -0.2) is 13.2 Å². The van der Waals surface area contributed by atoms with Gasteiger partial charge in [-0.05, 0) is 69.0 Å². The van der Waals surface area contributed by atoms with Crippen LogP contribution in [0.3, 0.4) is 0 Å². The van der Waals surface area contributed by atoms with Crippen molar-refractivity contribution < 1.29 is 37.1 Å². The van der Waals surface area contributed by atoms with Crippen LogP contribution in [0.1, 0.15) is 65.2 Å². The van der Waals surface area contributed by atoms with Crippen molar-refractivity contribution in [2.24, 2.45) is 11.5 Å². The highest BCUT2D eigenvalue weighted by Crippen LogP contribution is 2.36. The molecule has 5 N–H and O–H groups in total. The number of nitrogens with one attached hydrogen (secondary N) is 1. The van der Waals surface area contributed by atoms with E-state index in [2.05, 4.69) is 5.32 Å². The first-order chi connectivity index (χ1) is 22.1. The van der Waals surface area contributed by atoms with Crippen LogP contribution >= 0.6 is 0 Å². The molecule has 3 amide bonds. The number of carbonyl (C=O) groups is 4. The standard InChI is InChI=1S/C34H38N4O8S/c1-5-24-29(30(39)32(36)41)28-25(38(24)19-22-10-7-6-8-11-22)12-9-13-26(28)45-20-47(43,44)27-18-21(14-15-23(27)31(35)40)16-17-37-33(42)46-34(2,3)4/h6-15,18H,5,16-17,19-20H2,1-4H3,(H2,35,40)(H2,36,41)(H,37,42). The van der Waals surface area contributed by atoms with Gasteiger partial charge in [0.25, 0.3) is 11.7 Å². The molecule has 0 spiro atoms. The summed E-state index contributed by atoms with van der Waals surface area (Å²) < 4.78 is 40.3. The average Bonchev–Trinajstić information content (AvgIpc) is 3.32. The molecule has 0 atom stereocenters. The molecule has 4 aromatic rings. The zero-order chi connectivity index (χ0) is 34.5. The van der Waals surface area contributed by atoms with E-state index in [4.69, 9.17) is 20.9 Å². The monoisotopic (exact) mass is 662 g/mol. The quantitative estimate of drug-likeness (QED) is 0.142. The molecule has 0 aliphatic heterocycles. The van der Waals surface area contributed by atoms with Gasteiger partial charge in [0.1, 0.15) is 11.4 Å². The molecule has 1 heterocycles. The number of benzene rings is 3. The third-order valence-electron chi connectivity index (χ3n) is 7.23. The molecule has 0 bridgehead atoms. The number of rotatable bonds is 13. The van der Waals surface area contributed by atoms with Crippen molar-refractivity contribution in [2.75, 3.05) is 12.5 Å². The molecule has 12 nitrogen and oxygen atoms in total. The Kier molecular flexibility index (Phi) is 10.4. The minimum absolute atomic E-state index is 0.0375. The molecule has 1 aromatic heterocycles. The van der Waals surface area contributed by atoms with E-state index in [1.165, 1.54) is 18.2 Å². The fourth-order valence-corrected chi connectivity index (χ4v) is 6.48. The van der Waals surface area contributed by atoms with Gasteiger partial charge < -0.3 is 30.8 Å². The molecular formula is C34H38N4O8S. The first-order valence-electron chi connectivity index (χ1n) is 14.9. The largest absolute Gasteiger partial charge is 0.477 e. The summed E-state index contributed by atoms with van der Waals surface area (Å²) in [6, 6.07) is 18.5. The van der Waals surface area contributed by atoms with E-state index in [-0.39, 0.29) is 40.1 Å². The van der Waals surface area contributed by atoms with Crippen molar-refractivity contribution >= 4 is 44.4 Å². The normalized spacial score (nSPS) is 11.7. The number of Topliss-reactive ketones (excluding diaryl/α,β-unsaturated/α-hetero) is 1. The number of primary amides is 2. The van der Waals surface area contributed by atoms with E-state index < -0.39 is 45.1 Å². The second kappa shape index (κ2) is 14.1.